The van der Waals surface area contributed by atoms with E-state index in [9.17, 15) is 36.3 Å². The normalized spacial score (nSPS) is 19.3. The Morgan fingerprint density at radius 1 is 1.09 bits per heavy atom. The van der Waals surface area contributed by atoms with Crippen molar-refractivity contribution in [1.82, 2.24) is 15.5 Å². The molecule has 0 radical (unpaired) electrons. The number of hydrogen-bond donors (Lipinski definition) is 4. The van der Waals surface area contributed by atoms with E-state index in [1.807, 2.05) is 0 Å². The number of halogens is 5. The number of hydrogen-bond acceptors (Lipinski definition) is 5. The molecule has 3 atom stereocenters. The molecular weight excluding hydrogens is 593 g/mol. The molecule has 1 aliphatic carbocycles. The number of carbonyl (C=O) groups is 3. The molecule has 3 amide bonds. The summed E-state index contributed by atoms with van der Waals surface area (Å²) in [5.74, 6) is -7.84. The summed E-state index contributed by atoms with van der Waals surface area (Å²) in [7, 11) is 0. The summed E-state index contributed by atoms with van der Waals surface area (Å²) in [4.78, 5) is 40.5. The summed E-state index contributed by atoms with van der Waals surface area (Å²) >= 11 is 1.21. The van der Waals surface area contributed by atoms with Gasteiger partial charge in [0.2, 0.25) is 11.8 Å². The van der Waals surface area contributed by atoms with Crippen LogP contribution in [0.5, 0.6) is 0 Å². The zero-order chi connectivity index (χ0) is 31.3. The molecule has 5 N–H and O–H groups in total. The predicted molar refractivity (Wildman–Crippen MR) is 149 cm³/mol. The Balaban J connectivity index is 1.28. The van der Waals surface area contributed by atoms with Gasteiger partial charge in [0.05, 0.1) is 18.5 Å². The Morgan fingerprint density at radius 3 is 2.47 bits per heavy atom. The van der Waals surface area contributed by atoms with Crippen molar-refractivity contribution in [3.05, 3.63) is 81.0 Å². The lowest BCUT2D eigenvalue weighted by Crippen LogP contribution is -2.49. The van der Waals surface area contributed by atoms with Crippen molar-refractivity contribution in [2.24, 2.45) is 11.7 Å². The molecule has 1 fully saturated rings. The zero-order valence-electron chi connectivity index (χ0n) is 22.6. The molecule has 2 aromatic carbocycles. The third-order valence-corrected chi connectivity index (χ3v) is 8.79. The van der Waals surface area contributed by atoms with Gasteiger partial charge in [-0.1, -0.05) is 30.3 Å². The molecule has 2 heterocycles. The lowest BCUT2D eigenvalue weighted by Gasteiger charge is -2.25. The minimum atomic E-state index is -4.66. The van der Waals surface area contributed by atoms with Crippen molar-refractivity contribution >= 4 is 34.9 Å². The van der Waals surface area contributed by atoms with Crippen LogP contribution in [0.15, 0.2) is 53.9 Å². The number of alkyl halides is 5. The molecule has 0 saturated carbocycles. The number of likely N-dealkylation sites (tertiary alicyclic amines) is 1. The number of benzene rings is 2. The van der Waals surface area contributed by atoms with Gasteiger partial charge in [0.1, 0.15) is 11.9 Å². The highest BCUT2D eigenvalue weighted by Gasteiger charge is 2.51. The molecule has 226 valence electrons. The van der Waals surface area contributed by atoms with Crippen LogP contribution in [0.1, 0.15) is 51.3 Å². The molecule has 3 aromatic rings. The highest BCUT2D eigenvalue weighted by molar-refractivity contribution is 7.10. The number of fused-ring (bicyclic) bond motifs is 3. The van der Waals surface area contributed by atoms with Crippen molar-refractivity contribution in [1.29, 1.82) is 5.41 Å². The number of nitrogens with zero attached hydrogens (tertiary/aromatic N) is 1. The first-order valence-electron chi connectivity index (χ1n) is 13.2. The molecule has 1 aliphatic heterocycles. The standard InChI is InChI=1S/C29H26F5N5O3S/c1-14(23-9-16(13-43-23)25(35)36)38-27(42)22-10-17(29(32,33)34)12-39(22)24(40)11-37-26(41)15-6-7-21-19(8-15)18-4-2-3-5-20(18)28(21,30)31/h2-9,13-14,17,22H,10-12H2,1H3,(H3,35,36)(H,37,41)(H,38,42)/t14-,17-,22+/m1/s1. The average Bonchev–Trinajstić information content (AvgIpc) is 3.68. The largest absolute Gasteiger partial charge is 0.393 e. The molecule has 2 aliphatic rings. The molecule has 14 heteroatoms. The van der Waals surface area contributed by atoms with Crippen molar-refractivity contribution in [3.63, 3.8) is 0 Å². The molecule has 0 spiro atoms. The Morgan fingerprint density at radius 2 is 1.79 bits per heavy atom. The number of nitrogen functional groups attached to an aromatic ring is 1. The fourth-order valence-corrected chi connectivity index (χ4v) is 6.29. The second kappa shape index (κ2) is 11.1. The maximum atomic E-state index is 14.8. The van der Waals surface area contributed by atoms with Gasteiger partial charge in [0.15, 0.2) is 0 Å². The molecule has 5 rings (SSSR count). The first-order valence-corrected chi connectivity index (χ1v) is 14.1. The first kappa shape index (κ1) is 30.1. The number of thiophene rings is 1. The molecule has 1 aromatic heterocycles. The number of carbonyl (C=O) groups excluding carboxylic acids is 3. The second-order valence-electron chi connectivity index (χ2n) is 10.5. The molecule has 0 bridgehead atoms. The smallest absolute Gasteiger partial charge is 0.384 e. The highest BCUT2D eigenvalue weighted by Crippen LogP contribution is 2.51. The third-order valence-electron chi connectivity index (χ3n) is 7.68. The van der Waals surface area contributed by atoms with E-state index in [0.29, 0.717) is 10.4 Å². The van der Waals surface area contributed by atoms with E-state index in [0.717, 1.165) is 11.0 Å². The molecule has 43 heavy (non-hydrogen) atoms. The number of amides is 3. The van der Waals surface area contributed by atoms with Crippen LogP contribution in [0.4, 0.5) is 22.0 Å². The molecule has 0 unspecified atom stereocenters. The van der Waals surface area contributed by atoms with E-state index in [2.05, 4.69) is 10.6 Å². The van der Waals surface area contributed by atoms with Crippen LogP contribution in [0.2, 0.25) is 0 Å². The minimum absolute atomic E-state index is 0.0161. The van der Waals surface area contributed by atoms with Crippen molar-refractivity contribution in [2.75, 3.05) is 13.1 Å². The zero-order valence-corrected chi connectivity index (χ0v) is 23.4. The summed E-state index contributed by atoms with van der Waals surface area (Å²) in [5.41, 5.74) is 5.87. The summed E-state index contributed by atoms with van der Waals surface area (Å²) < 4.78 is 70.5. The number of rotatable bonds is 7. The van der Waals surface area contributed by atoms with E-state index in [1.165, 1.54) is 41.7 Å². The summed E-state index contributed by atoms with van der Waals surface area (Å²) in [6, 6.07) is 9.01. The molecular formula is C29H26F5N5O3S. The van der Waals surface area contributed by atoms with E-state index in [4.69, 9.17) is 11.1 Å². The minimum Gasteiger partial charge on any atom is -0.384 e. The lowest BCUT2D eigenvalue weighted by atomic mass is 10.0. The fraction of sp³-hybridized carbons (Fsp3) is 0.310. The van der Waals surface area contributed by atoms with Crippen molar-refractivity contribution in [3.8, 4) is 11.1 Å². The summed E-state index contributed by atoms with van der Waals surface area (Å²) in [5, 5.41) is 14.1. The van der Waals surface area contributed by atoms with Gasteiger partial charge < -0.3 is 21.3 Å². The number of nitrogens with one attached hydrogen (secondary N) is 3. The van der Waals surface area contributed by atoms with Crippen LogP contribution in [-0.4, -0.2) is 53.8 Å². The second-order valence-corrected chi connectivity index (χ2v) is 11.4. The van der Waals surface area contributed by atoms with Gasteiger partial charge >= 0.3 is 6.18 Å². The SMILES string of the molecule is C[C@@H](NC(=O)[C@@H]1C[C@@H](C(F)(F)F)CN1C(=O)CNC(=O)c1ccc2c(c1)-c1ccccc1C2(F)F)c1cc(C(=N)N)cs1. The monoisotopic (exact) mass is 619 g/mol. The van der Waals surface area contributed by atoms with Crippen LogP contribution >= 0.6 is 11.3 Å². The van der Waals surface area contributed by atoms with Gasteiger partial charge in [-0.25, -0.2) is 0 Å². The quantitative estimate of drug-likeness (QED) is 0.176. The molecule has 1 saturated heterocycles. The van der Waals surface area contributed by atoms with Crippen LogP contribution < -0.4 is 16.4 Å². The molecule has 8 nitrogen and oxygen atoms in total. The van der Waals surface area contributed by atoms with Crippen LogP contribution in [0.25, 0.3) is 11.1 Å². The fourth-order valence-electron chi connectivity index (χ4n) is 5.38. The highest BCUT2D eigenvalue weighted by atomic mass is 32.1. The van der Waals surface area contributed by atoms with Gasteiger partial charge in [-0.2, -0.15) is 22.0 Å². The van der Waals surface area contributed by atoms with E-state index in [-0.39, 0.29) is 33.7 Å². The Bertz CT molecular complexity index is 1620. The Hall–Kier alpha value is -4.33. The van der Waals surface area contributed by atoms with Crippen molar-refractivity contribution in [2.45, 2.75) is 37.5 Å². The maximum absolute atomic E-state index is 14.8. The topological polar surface area (TPSA) is 128 Å². The number of nitrogens with two attached hydrogens (primary N) is 1. The first-order chi connectivity index (χ1) is 20.2. The Labute approximate surface area is 246 Å². The van der Waals surface area contributed by atoms with Crippen molar-refractivity contribution < 1.29 is 36.3 Å². The lowest BCUT2D eigenvalue weighted by molar-refractivity contribution is -0.171. The van der Waals surface area contributed by atoms with Gasteiger partial charge in [0.25, 0.3) is 11.8 Å². The summed E-state index contributed by atoms with van der Waals surface area (Å²) in [6.45, 7) is 0.142. The average molecular weight is 620 g/mol. The Kier molecular flexibility index (Phi) is 7.75. The van der Waals surface area contributed by atoms with Gasteiger partial charge in [-0.05, 0) is 42.7 Å². The van der Waals surface area contributed by atoms with Gasteiger partial charge in [0, 0.05) is 39.1 Å². The van der Waals surface area contributed by atoms with Gasteiger partial charge in [-0.15, -0.1) is 11.3 Å². The predicted octanol–water partition coefficient (Wildman–Crippen LogP) is 4.54. The van der Waals surface area contributed by atoms with Gasteiger partial charge in [-0.3, -0.25) is 19.8 Å². The van der Waals surface area contributed by atoms with Crippen LogP contribution in [-0.2, 0) is 15.5 Å². The third kappa shape index (κ3) is 5.70. The van der Waals surface area contributed by atoms with E-state index in [1.54, 1.807) is 24.4 Å². The van der Waals surface area contributed by atoms with E-state index >= 15 is 0 Å². The number of amidine groups is 1. The maximum Gasteiger partial charge on any atom is 0.393 e. The summed E-state index contributed by atoms with van der Waals surface area (Å²) in [6.07, 6.45) is -5.31. The van der Waals surface area contributed by atoms with Crippen LogP contribution in [0, 0.1) is 11.3 Å². The van der Waals surface area contributed by atoms with E-state index < -0.39 is 67.3 Å². The van der Waals surface area contributed by atoms with Crippen LogP contribution in [0.3, 0.4) is 0 Å².